The van der Waals surface area contributed by atoms with Crippen LogP contribution in [0.3, 0.4) is 0 Å². The van der Waals surface area contributed by atoms with Gasteiger partial charge in [0.05, 0.1) is 0 Å². The molecule has 2 aromatic heterocycles. The van der Waals surface area contributed by atoms with Gasteiger partial charge in [-0.05, 0) is 24.3 Å². The van der Waals surface area contributed by atoms with Crippen molar-refractivity contribution in [1.29, 1.82) is 0 Å². The Labute approximate surface area is 125 Å². The van der Waals surface area contributed by atoms with Crippen LogP contribution in [0.25, 0.3) is 5.65 Å². The summed E-state index contributed by atoms with van der Waals surface area (Å²) in [6.45, 7) is 0. The molecule has 0 saturated heterocycles. The maximum atomic E-state index is 11.8. The van der Waals surface area contributed by atoms with E-state index < -0.39 is 10.0 Å². The summed E-state index contributed by atoms with van der Waals surface area (Å²) < 4.78 is 24.7. The number of aromatic nitrogens is 3. The highest BCUT2D eigenvalue weighted by Crippen LogP contribution is 2.25. The molecule has 21 heavy (non-hydrogen) atoms. The first-order chi connectivity index (χ1) is 9.95. The van der Waals surface area contributed by atoms with Crippen LogP contribution < -0.4 is 10.5 Å². The molecule has 0 spiro atoms. The lowest BCUT2D eigenvalue weighted by atomic mass is 10.3. The quantitative estimate of drug-likeness (QED) is 0.764. The van der Waals surface area contributed by atoms with E-state index in [1.807, 2.05) is 18.2 Å². The summed E-state index contributed by atoms with van der Waals surface area (Å²) in [5, 5.41) is 12.0. The second-order valence-electron chi connectivity index (χ2n) is 4.23. The molecule has 0 bridgehead atoms. The number of anilines is 2. The third-order valence-electron chi connectivity index (χ3n) is 2.71. The fourth-order valence-corrected chi connectivity index (χ4v) is 2.77. The number of benzene rings is 1. The van der Waals surface area contributed by atoms with E-state index in [0.717, 1.165) is 4.52 Å². The van der Waals surface area contributed by atoms with Crippen molar-refractivity contribution in [2.75, 3.05) is 5.32 Å². The number of rotatable bonds is 3. The van der Waals surface area contributed by atoms with Gasteiger partial charge in [0, 0.05) is 5.69 Å². The van der Waals surface area contributed by atoms with E-state index in [-0.39, 0.29) is 16.0 Å². The molecular formula is C12H10ClN5O2S. The number of para-hydroxylation sites is 1. The lowest BCUT2D eigenvalue weighted by Gasteiger charge is -2.05. The lowest BCUT2D eigenvalue weighted by molar-refractivity contribution is 0.590. The summed E-state index contributed by atoms with van der Waals surface area (Å²) in [6, 6.07) is 12.1. The zero-order chi connectivity index (χ0) is 15.0. The van der Waals surface area contributed by atoms with E-state index in [1.165, 1.54) is 6.07 Å². The van der Waals surface area contributed by atoms with Crippen LogP contribution in [0.15, 0.2) is 47.5 Å². The van der Waals surface area contributed by atoms with Crippen molar-refractivity contribution < 1.29 is 8.42 Å². The minimum Gasteiger partial charge on any atom is -0.338 e. The first-order valence-corrected chi connectivity index (χ1v) is 7.78. The van der Waals surface area contributed by atoms with E-state index in [1.54, 1.807) is 18.2 Å². The van der Waals surface area contributed by atoms with E-state index in [9.17, 15) is 8.42 Å². The summed E-state index contributed by atoms with van der Waals surface area (Å²) in [5.74, 6) is 0.0958. The van der Waals surface area contributed by atoms with Gasteiger partial charge < -0.3 is 5.32 Å². The van der Waals surface area contributed by atoms with Gasteiger partial charge in [0.25, 0.3) is 10.0 Å². The van der Waals surface area contributed by atoms with Crippen molar-refractivity contribution >= 4 is 38.8 Å². The number of sulfonamides is 1. The Bertz CT molecular complexity index is 908. The Morgan fingerprint density at radius 1 is 1.14 bits per heavy atom. The molecule has 0 fully saturated rings. The molecule has 0 aliphatic rings. The fourth-order valence-electron chi connectivity index (χ4n) is 1.89. The topological polar surface area (TPSA) is 102 Å². The number of hydrogen-bond acceptors (Lipinski definition) is 5. The van der Waals surface area contributed by atoms with Gasteiger partial charge in [0.2, 0.25) is 5.03 Å². The van der Waals surface area contributed by atoms with E-state index in [0.29, 0.717) is 11.3 Å². The van der Waals surface area contributed by atoms with Gasteiger partial charge in [-0.3, -0.25) is 0 Å². The van der Waals surface area contributed by atoms with Crippen molar-refractivity contribution in [3.05, 3.63) is 47.6 Å². The zero-order valence-electron chi connectivity index (χ0n) is 10.6. The molecule has 9 heteroatoms. The molecule has 108 valence electrons. The first-order valence-electron chi connectivity index (χ1n) is 5.85. The van der Waals surface area contributed by atoms with Gasteiger partial charge in [0.15, 0.2) is 11.5 Å². The molecular weight excluding hydrogens is 314 g/mol. The third kappa shape index (κ3) is 2.68. The van der Waals surface area contributed by atoms with E-state index in [4.69, 9.17) is 16.7 Å². The largest absolute Gasteiger partial charge is 0.338 e. The SMILES string of the molecule is NS(=O)(=O)c1c(Nc2ccccc2)nc2ccc(Cl)nn12. The number of primary sulfonamides is 1. The molecule has 3 N–H and O–H groups in total. The highest BCUT2D eigenvalue weighted by molar-refractivity contribution is 7.89. The molecule has 0 amide bonds. The van der Waals surface area contributed by atoms with Gasteiger partial charge in [-0.1, -0.05) is 29.8 Å². The van der Waals surface area contributed by atoms with Gasteiger partial charge in [0.1, 0.15) is 5.15 Å². The minimum atomic E-state index is -4.04. The zero-order valence-corrected chi connectivity index (χ0v) is 12.1. The van der Waals surface area contributed by atoms with Gasteiger partial charge >= 0.3 is 0 Å². The van der Waals surface area contributed by atoms with Gasteiger partial charge in [-0.25, -0.2) is 18.5 Å². The molecule has 0 aliphatic heterocycles. The number of nitrogens with one attached hydrogen (secondary N) is 1. The molecule has 7 nitrogen and oxygen atoms in total. The maximum absolute atomic E-state index is 11.8. The Hall–Kier alpha value is -2.16. The fraction of sp³-hybridized carbons (Fsp3) is 0. The summed E-state index contributed by atoms with van der Waals surface area (Å²) >= 11 is 5.79. The summed E-state index contributed by atoms with van der Waals surface area (Å²) in [4.78, 5) is 4.19. The number of halogens is 1. The number of nitrogens with zero attached hydrogens (tertiary/aromatic N) is 3. The molecule has 0 aliphatic carbocycles. The third-order valence-corrected chi connectivity index (χ3v) is 3.82. The Morgan fingerprint density at radius 2 is 1.86 bits per heavy atom. The maximum Gasteiger partial charge on any atom is 0.259 e. The van der Waals surface area contributed by atoms with Crippen LogP contribution in [0.2, 0.25) is 5.15 Å². The van der Waals surface area contributed by atoms with Gasteiger partial charge in [-0.2, -0.15) is 9.61 Å². The molecule has 3 aromatic rings. The summed E-state index contributed by atoms with van der Waals surface area (Å²) in [5.41, 5.74) is 0.999. The molecule has 2 heterocycles. The van der Waals surface area contributed by atoms with Crippen LogP contribution >= 0.6 is 11.6 Å². The van der Waals surface area contributed by atoms with Crippen LogP contribution in [0, 0.1) is 0 Å². The number of nitrogens with two attached hydrogens (primary N) is 1. The highest BCUT2D eigenvalue weighted by atomic mass is 35.5. The van der Waals surface area contributed by atoms with Crippen molar-refractivity contribution in [1.82, 2.24) is 14.6 Å². The van der Waals surface area contributed by atoms with Crippen LogP contribution in [-0.2, 0) is 10.0 Å². The molecule has 0 unspecified atom stereocenters. The normalized spacial score (nSPS) is 11.7. The highest BCUT2D eigenvalue weighted by Gasteiger charge is 2.23. The standard InChI is InChI=1S/C12H10ClN5O2S/c13-9-6-7-10-16-11(15-8-4-2-1-3-5-8)12(18(10)17-9)21(14,19)20/h1-7,15H,(H2,14,19,20). The monoisotopic (exact) mass is 323 g/mol. The molecule has 1 aromatic carbocycles. The molecule has 0 saturated carbocycles. The lowest BCUT2D eigenvalue weighted by Crippen LogP contribution is -2.17. The second kappa shape index (κ2) is 4.99. The molecule has 0 radical (unpaired) electrons. The van der Waals surface area contributed by atoms with E-state index >= 15 is 0 Å². The van der Waals surface area contributed by atoms with Crippen LogP contribution in [0.4, 0.5) is 11.5 Å². The summed E-state index contributed by atoms with van der Waals surface area (Å²) in [6.07, 6.45) is 0. The number of fused-ring (bicyclic) bond motifs is 1. The smallest absolute Gasteiger partial charge is 0.259 e. The Kier molecular flexibility index (Phi) is 3.28. The number of hydrogen-bond donors (Lipinski definition) is 2. The number of imidazole rings is 1. The average molecular weight is 324 g/mol. The van der Waals surface area contributed by atoms with Crippen molar-refractivity contribution in [2.45, 2.75) is 5.03 Å². The molecule has 0 atom stereocenters. The van der Waals surface area contributed by atoms with Gasteiger partial charge in [-0.15, -0.1) is 0 Å². The minimum absolute atomic E-state index is 0.0958. The average Bonchev–Trinajstić information content (AvgIpc) is 2.76. The Balaban J connectivity index is 2.22. The first kappa shape index (κ1) is 13.8. The molecule has 3 rings (SSSR count). The van der Waals surface area contributed by atoms with Crippen molar-refractivity contribution in [3.63, 3.8) is 0 Å². The van der Waals surface area contributed by atoms with Crippen LogP contribution in [-0.4, -0.2) is 23.0 Å². The van der Waals surface area contributed by atoms with Crippen molar-refractivity contribution in [3.8, 4) is 0 Å². The predicted molar refractivity (Wildman–Crippen MR) is 79.1 cm³/mol. The van der Waals surface area contributed by atoms with Crippen LogP contribution in [0.5, 0.6) is 0 Å². The summed E-state index contributed by atoms with van der Waals surface area (Å²) in [7, 11) is -4.04. The van der Waals surface area contributed by atoms with E-state index in [2.05, 4.69) is 15.4 Å². The van der Waals surface area contributed by atoms with Crippen LogP contribution in [0.1, 0.15) is 0 Å². The predicted octanol–water partition coefficient (Wildman–Crippen LogP) is 1.77. The second-order valence-corrected chi connectivity index (χ2v) is 6.09. The Morgan fingerprint density at radius 3 is 2.52 bits per heavy atom. The van der Waals surface area contributed by atoms with Crippen molar-refractivity contribution in [2.24, 2.45) is 5.14 Å².